The molecule has 3 aliphatic heterocycles. The molecular weight excluding hydrogens is 606 g/mol. The normalized spacial score (nSPS) is 24.3. The molecule has 11 heteroatoms. The summed E-state index contributed by atoms with van der Waals surface area (Å²) in [6, 6.07) is 11.1. The first-order chi connectivity index (χ1) is 22.4. The predicted octanol–water partition coefficient (Wildman–Crippen LogP) is 4.16. The van der Waals surface area contributed by atoms with Crippen molar-refractivity contribution in [1.29, 1.82) is 0 Å². The molecule has 6 rings (SSSR count). The van der Waals surface area contributed by atoms with Crippen LogP contribution in [0.15, 0.2) is 48.2 Å². The number of carbonyl (C=O) groups excluding carboxylic acids is 2. The van der Waals surface area contributed by atoms with E-state index in [1.165, 1.54) is 0 Å². The topological polar surface area (TPSA) is 133 Å². The van der Waals surface area contributed by atoms with Gasteiger partial charge in [0.15, 0.2) is 23.2 Å². The lowest BCUT2D eigenvalue weighted by Gasteiger charge is -2.39. The van der Waals surface area contributed by atoms with Gasteiger partial charge in [0.2, 0.25) is 6.79 Å². The maximum Gasteiger partial charge on any atom is 0.339 e. The highest BCUT2D eigenvalue weighted by atomic mass is 16.7. The van der Waals surface area contributed by atoms with Gasteiger partial charge in [0.1, 0.15) is 18.1 Å². The summed E-state index contributed by atoms with van der Waals surface area (Å²) in [4.78, 5) is 29.7. The van der Waals surface area contributed by atoms with Crippen molar-refractivity contribution < 1.29 is 48.2 Å². The lowest BCUT2D eigenvalue weighted by atomic mass is 9.77. The number of hydrogen-bond donors (Lipinski definition) is 2. The number of rotatable bonds is 12. The molecule has 1 fully saturated rings. The van der Waals surface area contributed by atoms with Crippen molar-refractivity contribution in [1.82, 2.24) is 4.90 Å². The summed E-state index contributed by atoms with van der Waals surface area (Å²) >= 11 is 0. The largest absolute Gasteiger partial charge is 0.497 e. The van der Waals surface area contributed by atoms with Gasteiger partial charge in [0.05, 0.1) is 37.7 Å². The van der Waals surface area contributed by atoms with Crippen LogP contribution in [0.5, 0.6) is 17.2 Å². The van der Waals surface area contributed by atoms with E-state index < -0.39 is 41.2 Å². The third kappa shape index (κ3) is 6.66. The molecule has 3 heterocycles. The molecule has 1 aliphatic carbocycles. The van der Waals surface area contributed by atoms with Crippen LogP contribution in [0.1, 0.15) is 75.0 Å². The summed E-state index contributed by atoms with van der Waals surface area (Å²) in [6.45, 7) is 5.13. The number of carbonyl (C=O) groups is 2. The van der Waals surface area contributed by atoms with Crippen LogP contribution >= 0.6 is 0 Å². The van der Waals surface area contributed by atoms with Crippen LogP contribution < -0.4 is 14.2 Å². The molecule has 1 saturated heterocycles. The Labute approximate surface area is 275 Å². The molecule has 4 aliphatic rings. The molecule has 1 spiro atoms. The van der Waals surface area contributed by atoms with Gasteiger partial charge in [-0.15, -0.1) is 0 Å². The molecule has 47 heavy (non-hydrogen) atoms. The minimum Gasteiger partial charge on any atom is -0.497 e. The molecule has 254 valence electrons. The van der Waals surface area contributed by atoms with E-state index in [-0.39, 0.29) is 32.2 Å². The lowest BCUT2D eigenvalue weighted by molar-refractivity contribution is -0.179. The Bertz CT molecular complexity index is 1510. The number of aliphatic hydroxyl groups is 2. The summed E-state index contributed by atoms with van der Waals surface area (Å²) in [7, 11) is 3.12. The number of ether oxygens (including phenoxy) is 6. The maximum absolute atomic E-state index is 14.2. The average Bonchev–Trinajstić information content (AvgIpc) is 3.73. The Hall–Kier alpha value is -3.80. The third-order valence-corrected chi connectivity index (χ3v) is 9.95. The molecule has 0 bridgehead atoms. The van der Waals surface area contributed by atoms with E-state index in [0.29, 0.717) is 29.4 Å². The highest BCUT2D eigenvalue weighted by Gasteiger charge is 2.59. The Morgan fingerprint density at radius 1 is 1.02 bits per heavy atom. The van der Waals surface area contributed by atoms with Crippen LogP contribution in [0, 0.1) is 0 Å². The predicted molar refractivity (Wildman–Crippen MR) is 170 cm³/mol. The van der Waals surface area contributed by atoms with Crippen LogP contribution in [0.25, 0.3) is 0 Å². The molecule has 0 amide bonds. The SMILES string of the molecule is COC1=C[C@]23CCCN2CCc2cc4c(cc2[C@@H]3C1OC(=O)C(O)(CCCC(C)(C)O)CC(=O)OCc1ccc(OC)cc1)OCO4. The molecular formula is C36H45NO10. The first-order valence-corrected chi connectivity index (χ1v) is 16.3. The van der Waals surface area contributed by atoms with Crippen molar-refractivity contribution in [3.63, 3.8) is 0 Å². The van der Waals surface area contributed by atoms with Crippen molar-refractivity contribution in [2.75, 3.05) is 34.1 Å². The van der Waals surface area contributed by atoms with Gasteiger partial charge in [0.25, 0.3) is 0 Å². The van der Waals surface area contributed by atoms with E-state index >= 15 is 0 Å². The van der Waals surface area contributed by atoms with Gasteiger partial charge in [-0.3, -0.25) is 9.69 Å². The maximum atomic E-state index is 14.2. The first-order valence-electron chi connectivity index (χ1n) is 16.3. The number of hydrogen-bond acceptors (Lipinski definition) is 11. The molecule has 4 atom stereocenters. The van der Waals surface area contributed by atoms with E-state index in [1.54, 1.807) is 52.3 Å². The molecule has 11 nitrogen and oxygen atoms in total. The first kappa shape index (κ1) is 33.1. The van der Waals surface area contributed by atoms with Gasteiger partial charge in [-0.25, -0.2) is 4.79 Å². The van der Waals surface area contributed by atoms with Crippen molar-refractivity contribution in [3.05, 3.63) is 64.9 Å². The zero-order chi connectivity index (χ0) is 33.4. The quantitative estimate of drug-likeness (QED) is 0.321. The van der Waals surface area contributed by atoms with Crippen LogP contribution in [0.4, 0.5) is 0 Å². The zero-order valence-corrected chi connectivity index (χ0v) is 27.6. The van der Waals surface area contributed by atoms with Crippen LogP contribution in [-0.4, -0.2) is 84.0 Å². The summed E-state index contributed by atoms with van der Waals surface area (Å²) in [6.07, 6.45) is 3.70. The van der Waals surface area contributed by atoms with Gasteiger partial charge >= 0.3 is 11.9 Å². The van der Waals surface area contributed by atoms with Crippen LogP contribution in [0.3, 0.4) is 0 Å². The Morgan fingerprint density at radius 3 is 2.47 bits per heavy atom. The van der Waals surface area contributed by atoms with E-state index in [0.717, 1.165) is 49.0 Å². The second kappa shape index (κ2) is 13.0. The Balaban J connectivity index is 1.27. The summed E-state index contributed by atoms with van der Waals surface area (Å²) in [5.74, 6) is 0.494. The minimum absolute atomic E-state index is 0.0376. The number of methoxy groups -OCH3 is 2. The second-order valence-electron chi connectivity index (χ2n) is 13.7. The summed E-state index contributed by atoms with van der Waals surface area (Å²) < 4.78 is 34.3. The monoisotopic (exact) mass is 651 g/mol. The van der Waals surface area contributed by atoms with Gasteiger partial charge < -0.3 is 38.6 Å². The van der Waals surface area contributed by atoms with Crippen LogP contribution in [0.2, 0.25) is 0 Å². The minimum atomic E-state index is -2.20. The van der Waals surface area contributed by atoms with E-state index in [1.807, 2.05) is 12.1 Å². The van der Waals surface area contributed by atoms with Gasteiger partial charge in [-0.1, -0.05) is 12.1 Å². The lowest BCUT2D eigenvalue weighted by Crippen LogP contribution is -2.49. The van der Waals surface area contributed by atoms with E-state index in [4.69, 9.17) is 28.4 Å². The van der Waals surface area contributed by atoms with Gasteiger partial charge in [0, 0.05) is 6.54 Å². The fourth-order valence-electron chi connectivity index (χ4n) is 7.57. The molecule has 0 radical (unpaired) electrons. The molecule has 0 saturated carbocycles. The molecule has 2 unspecified atom stereocenters. The molecule has 2 aromatic rings. The van der Waals surface area contributed by atoms with Crippen molar-refractivity contribution in [2.24, 2.45) is 0 Å². The number of esters is 2. The smallest absolute Gasteiger partial charge is 0.339 e. The summed E-state index contributed by atoms with van der Waals surface area (Å²) in [5, 5.41) is 22.2. The summed E-state index contributed by atoms with van der Waals surface area (Å²) in [5.41, 5.74) is -0.870. The highest BCUT2D eigenvalue weighted by molar-refractivity contribution is 5.86. The molecule has 2 N–H and O–H groups in total. The van der Waals surface area contributed by atoms with Crippen molar-refractivity contribution in [3.8, 4) is 17.2 Å². The second-order valence-corrected chi connectivity index (χ2v) is 13.7. The average molecular weight is 652 g/mol. The number of benzene rings is 2. The molecule has 0 aromatic heterocycles. The standard InChI is InChI=1S/C36H45NO10/c1-34(2,40)12-5-14-36(41,20-30(38)44-21-23-7-9-25(42-3)10-8-23)33(39)47-32-29(43-4)19-35-13-6-15-37(35)16-11-24-17-27-28(46-22-45-27)18-26(24)31(32)35/h7-10,17-19,31-32,40-41H,5-6,11-16,20-22H2,1-4H3/t31-,32?,35+,36?/m1/s1. The van der Waals surface area contributed by atoms with Gasteiger partial charge in [-0.05, 0) is 106 Å². The van der Waals surface area contributed by atoms with Gasteiger partial charge in [-0.2, -0.15) is 0 Å². The number of fused-ring (bicyclic) bond motifs is 3. The van der Waals surface area contributed by atoms with Crippen molar-refractivity contribution in [2.45, 2.75) is 94.2 Å². The van der Waals surface area contributed by atoms with Crippen molar-refractivity contribution >= 4 is 11.9 Å². The Morgan fingerprint density at radius 2 is 1.77 bits per heavy atom. The fourth-order valence-corrected chi connectivity index (χ4v) is 7.57. The highest BCUT2D eigenvalue weighted by Crippen LogP contribution is 2.55. The third-order valence-electron chi connectivity index (χ3n) is 9.95. The van der Waals surface area contributed by atoms with Crippen LogP contribution in [-0.2, 0) is 36.8 Å². The Kier molecular flexibility index (Phi) is 9.17. The molecule has 2 aromatic carbocycles. The number of nitrogens with zero attached hydrogens (tertiary/aromatic N) is 1. The zero-order valence-electron chi connectivity index (χ0n) is 27.6. The van der Waals surface area contributed by atoms with E-state index in [9.17, 15) is 19.8 Å². The van der Waals surface area contributed by atoms with E-state index in [2.05, 4.69) is 11.0 Å². The fraction of sp³-hybridized carbons (Fsp3) is 0.556.